The Morgan fingerprint density at radius 3 is 2.35 bits per heavy atom. The fourth-order valence-corrected chi connectivity index (χ4v) is 2.00. The van der Waals surface area contributed by atoms with Gasteiger partial charge in [-0.1, -0.05) is 24.3 Å². The van der Waals surface area contributed by atoms with Crippen molar-refractivity contribution in [3.05, 3.63) is 66.4 Å². The molecule has 20 heavy (non-hydrogen) atoms. The molecule has 1 aromatic heterocycles. The Kier molecular flexibility index (Phi) is 3.37. The third kappa shape index (κ3) is 2.80. The SMILES string of the molecule is Oc1ccc(CNc2ccc(-c3ccn[nH]3)cc2)cc1. The molecule has 1 heterocycles. The van der Waals surface area contributed by atoms with Crippen molar-refractivity contribution in [3.8, 4) is 17.0 Å². The van der Waals surface area contributed by atoms with Gasteiger partial charge in [-0.25, -0.2) is 0 Å². The number of hydrogen-bond donors (Lipinski definition) is 3. The fourth-order valence-electron chi connectivity index (χ4n) is 2.00. The Morgan fingerprint density at radius 1 is 0.950 bits per heavy atom. The minimum atomic E-state index is 0.290. The van der Waals surface area contributed by atoms with E-state index in [0.29, 0.717) is 0 Å². The van der Waals surface area contributed by atoms with E-state index in [1.807, 2.05) is 42.5 Å². The van der Waals surface area contributed by atoms with Crippen molar-refractivity contribution >= 4 is 5.69 Å². The summed E-state index contributed by atoms with van der Waals surface area (Å²) in [4.78, 5) is 0. The predicted molar refractivity (Wildman–Crippen MR) is 79.5 cm³/mol. The maximum Gasteiger partial charge on any atom is 0.115 e. The van der Waals surface area contributed by atoms with Crippen LogP contribution in [0.15, 0.2) is 60.8 Å². The lowest BCUT2D eigenvalue weighted by atomic mass is 10.1. The number of aromatic amines is 1. The number of rotatable bonds is 4. The molecule has 0 spiro atoms. The van der Waals surface area contributed by atoms with Gasteiger partial charge in [0.1, 0.15) is 5.75 Å². The maximum absolute atomic E-state index is 9.23. The van der Waals surface area contributed by atoms with E-state index in [0.717, 1.165) is 29.1 Å². The number of aromatic nitrogens is 2. The van der Waals surface area contributed by atoms with Crippen LogP contribution in [0, 0.1) is 0 Å². The lowest BCUT2D eigenvalue weighted by molar-refractivity contribution is 0.475. The lowest BCUT2D eigenvalue weighted by Crippen LogP contribution is -1.98. The monoisotopic (exact) mass is 265 g/mol. The van der Waals surface area contributed by atoms with Crippen LogP contribution in [-0.2, 0) is 6.54 Å². The molecule has 3 aromatic rings. The number of nitrogens with one attached hydrogen (secondary N) is 2. The minimum absolute atomic E-state index is 0.290. The highest BCUT2D eigenvalue weighted by Crippen LogP contribution is 2.19. The van der Waals surface area contributed by atoms with E-state index in [9.17, 15) is 5.11 Å². The molecule has 0 atom stereocenters. The average Bonchev–Trinajstić information content (AvgIpc) is 3.01. The van der Waals surface area contributed by atoms with Gasteiger partial charge in [-0.05, 0) is 41.5 Å². The van der Waals surface area contributed by atoms with Gasteiger partial charge < -0.3 is 10.4 Å². The Labute approximate surface area is 117 Å². The standard InChI is InChI=1S/C16H15N3O/c20-15-7-1-12(2-8-15)11-17-14-5-3-13(4-6-14)16-9-10-18-19-16/h1-10,17,20H,11H2,(H,18,19). The molecule has 0 saturated carbocycles. The van der Waals surface area contributed by atoms with E-state index < -0.39 is 0 Å². The van der Waals surface area contributed by atoms with Crippen LogP contribution in [0.4, 0.5) is 5.69 Å². The van der Waals surface area contributed by atoms with Gasteiger partial charge >= 0.3 is 0 Å². The van der Waals surface area contributed by atoms with Crippen LogP contribution in [0.2, 0.25) is 0 Å². The van der Waals surface area contributed by atoms with Crippen molar-refractivity contribution < 1.29 is 5.11 Å². The number of aromatic hydroxyl groups is 1. The Balaban J connectivity index is 1.65. The fraction of sp³-hybridized carbons (Fsp3) is 0.0625. The second-order valence-electron chi connectivity index (χ2n) is 4.57. The summed E-state index contributed by atoms with van der Waals surface area (Å²) in [5.74, 6) is 0.290. The van der Waals surface area contributed by atoms with E-state index in [1.165, 1.54) is 0 Å². The summed E-state index contributed by atoms with van der Waals surface area (Å²) in [6.45, 7) is 0.726. The number of H-pyrrole nitrogens is 1. The van der Waals surface area contributed by atoms with E-state index in [1.54, 1.807) is 18.3 Å². The quantitative estimate of drug-likeness (QED) is 0.677. The molecule has 0 aliphatic carbocycles. The summed E-state index contributed by atoms with van der Waals surface area (Å²) in [6.07, 6.45) is 1.74. The topological polar surface area (TPSA) is 60.9 Å². The van der Waals surface area contributed by atoms with Gasteiger partial charge in [0.15, 0.2) is 0 Å². The third-order valence-corrected chi connectivity index (χ3v) is 3.13. The number of benzene rings is 2. The van der Waals surface area contributed by atoms with Gasteiger partial charge in [0.2, 0.25) is 0 Å². The Hall–Kier alpha value is -2.75. The smallest absolute Gasteiger partial charge is 0.115 e. The van der Waals surface area contributed by atoms with Crippen LogP contribution in [0.25, 0.3) is 11.3 Å². The molecular formula is C16H15N3O. The first kappa shape index (κ1) is 12.3. The first-order chi connectivity index (χ1) is 9.81. The summed E-state index contributed by atoms with van der Waals surface area (Å²) in [5.41, 5.74) is 4.30. The minimum Gasteiger partial charge on any atom is -0.508 e. The van der Waals surface area contributed by atoms with Crippen molar-refractivity contribution in [1.29, 1.82) is 0 Å². The van der Waals surface area contributed by atoms with E-state index in [4.69, 9.17) is 0 Å². The zero-order chi connectivity index (χ0) is 13.8. The first-order valence-electron chi connectivity index (χ1n) is 6.43. The predicted octanol–water partition coefficient (Wildman–Crippen LogP) is 3.39. The van der Waals surface area contributed by atoms with Crippen LogP contribution < -0.4 is 5.32 Å². The summed E-state index contributed by atoms with van der Waals surface area (Å²) < 4.78 is 0. The highest BCUT2D eigenvalue weighted by Gasteiger charge is 1.99. The highest BCUT2D eigenvalue weighted by molar-refractivity contribution is 5.62. The van der Waals surface area contributed by atoms with Gasteiger partial charge in [-0.3, -0.25) is 5.10 Å². The molecule has 3 N–H and O–H groups in total. The average molecular weight is 265 g/mol. The van der Waals surface area contributed by atoms with Crippen LogP contribution in [0.1, 0.15) is 5.56 Å². The van der Waals surface area contributed by atoms with Gasteiger partial charge in [-0.15, -0.1) is 0 Å². The van der Waals surface area contributed by atoms with E-state index >= 15 is 0 Å². The van der Waals surface area contributed by atoms with E-state index in [2.05, 4.69) is 15.5 Å². The zero-order valence-corrected chi connectivity index (χ0v) is 10.9. The van der Waals surface area contributed by atoms with Gasteiger partial charge in [0.25, 0.3) is 0 Å². The number of nitrogens with zero attached hydrogens (tertiary/aromatic N) is 1. The van der Waals surface area contributed by atoms with Crippen molar-refractivity contribution in [2.24, 2.45) is 0 Å². The normalized spacial score (nSPS) is 10.4. The summed E-state index contributed by atoms with van der Waals surface area (Å²) in [5, 5.41) is 19.5. The second-order valence-corrected chi connectivity index (χ2v) is 4.57. The number of phenolic OH excluding ortho intramolecular Hbond substituents is 1. The van der Waals surface area contributed by atoms with Crippen molar-refractivity contribution in [3.63, 3.8) is 0 Å². The van der Waals surface area contributed by atoms with Crippen LogP contribution >= 0.6 is 0 Å². The van der Waals surface area contributed by atoms with Gasteiger partial charge in [-0.2, -0.15) is 5.10 Å². The van der Waals surface area contributed by atoms with Crippen LogP contribution in [0.5, 0.6) is 5.75 Å². The molecule has 0 amide bonds. The molecular weight excluding hydrogens is 250 g/mol. The van der Waals surface area contributed by atoms with Crippen molar-refractivity contribution in [2.75, 3.05) is 5.32 Å². The molecule has 0 radical (unpaired) electrons. The first-order valence-corrected chi connectivity index (χ1v) is 6.43. The molecule has 4 nitrogen and oxygen atoms in total. The third-order valence-electron chi connectivity index (χ3n) is 3.13. The summed E-state index contributed by atoms with van der Waals surface area (Å²) in [7, 11) is 0. The molecule has 2 aromatic carbocycles. The highest BCUT2D eigenvalue weighted by atomic mass is 16.3. The Bertz CT molecular complexity index is 658. The van der Waals surface area contributed by atoms with Crippen LogP contribution in [-0.4, -0.2) is 15.3 Å². The molecule has 100 valence electrons. The van der Waals surface area contributed by atoms with Crippen LogP contribution in [0.3, 0.4) is 0 Å². The lowest BCUT2D eigenvalue weighted by Gasteiger charge is -2.07. The molecule has 0 fully saturated rings. The number of phenols is 1. The molecule has 0 unspecified atom stereocenters. The maximum atomic E-state index is 9.23. The largest absolute Gasteiger partial charge is 0.508 e. The summed E-state index contributed by atoms with van der Waals surface area (Å²) in [6, 6.07) is 17.3. The molecule has 0 aliphatic heterocycles. The molecule has 0 aliphatic rings. The zero-order valence-electron chi connectivity index (χ0n) is 10.9. The Morgan fingerprint density at radius 2 is 1.70 bits per heavy atom. The van der Waals surface area contributed by atoms with Crippen molar-refractivity contribution in [1.82, 2.24) is 10.2 Å². The molecule has 0 bridgehead atoms. The molecule has 4 heteroatoms. The van der Waals surface area contributed by atoms with Gasteiger partial charge in [0, 0.05) is 18.4 Å². The molecule has 3 rings (SSSR count). The molecule has 0 saturated heterocycles. The second kappa shape index (κ2) is 5.48. The number of hydrogen-bond acceptors (Lipinski definition) is 3. The summed E-state index contributed by atoms with van der Waals surface area (Å²) >= 11 is 0. The van der Waals surface area contributed by atoms with Gasteiger partial charge in [0.05, 0.1) is 5.69 Å². The van der Waals surface area contributed by atoms with Crippen molar-refractivity contribution in [2.45, 2.75) is 6.54 Å². The number of anilines is 1. The van der Waals surface area contributed by atoms with E-state index in [-0.39, 0.29) is 5.75 Å².